The molecule has 2 rings (SSSR count). The first kappa shape index (κ1) is 10.8. The van der Waals surface area contributed by atoms with E-state index in [1.807, 2.05) is 4.90 Å². The van der Waals surface area contributed by atoms with Crippen molar-refractivity contribution in [3.05, 3.63) is 18.1 Å². The third kappa shape index (κ3) is 1.96. The number of aliphatic hydroxyl groups is 1. The highest BCUT2D eigenvalue weighted by Crippen LogP contribution is 2.22. The molecule has 1 unspecified atom stereocenters. The van der Waals surface area contributed by atoms with Crippen molar-refractivity contribution in [1.29, 1.82) is 0 Å². The van der Waals surface area contributed by atoms with Crippen molar-refractivity contribution in [3.63, 3.8) is 0 Å². The minimum atomic E-state index is -1.08. The van der Waals surface area contributed by atoms with Crippen LogP contribution in [0, 0.1) is 0 Å². The Morgan fingerprint density at radius 1 is 1.50 bits per heavy atom. The fourth-order valence-electron chi connectivity index (χ4n) is 1.91. The van der Waals surface area contributed by atoms with Crippen molar-refractivity contribution in [2.45, 2.75) is 18.9 Å². The molecule has 6 heteroatoms. The average Bonchev–Trinajstić information content (AvgIpc) is 2.77. The molecule has 0 saturated carbocycles. The molecular weight excluding hydrogens is 210 g/mol. The number of anilines is 1. The largest absolute Gasteiger partial charge is 0.476 e. The predicted octanol–water partition coefficient (Wildman–Crippen LogP) is 0.136. The topological polar surface area (TPSA) is 86.5 Å². The Kier molecular flexibility index (Phi) is 3.00. The van der Waals surface area contributed by atoms with Crippen molar-refractivity contribution in [2.75, 3.05) is 18.1 Å². The van der Waals surface area contributed by atoms with Crippen LogP contribution in [-0.2, 0) is 0 Å². The quantitative estimate of drug-likeness (QED) is 0.757. The van der Waals surface area contributed by atoms with Gasteiger partial charge in [-0.05, 0) is 12.8 Å². The van der Waals surface area contributed by atoms with E-state index in [4.69, 9.17) is 10.2 Å². The van der Waals surface area contributed by atoms with Gasteiger partial charge in [0.05, 0.1) is 25.0 Å². The highest BCUT2D eigenvalue weighted by molar-refractivity contribution is 5.84. The van der Waals surface area contributed by atoms with Crippen molar-refractivity contribution in [1.82, 2.24) is 9.97 Å². The standard InChI is InChI=1S/C10H13N3O3/c14-6-7-2-1-3-13(7)9-5-11-8(4-12-9)10(15)16/h4-5,7,14H,1-3,6H2,(H,15,16). The van der Waals surface area contributed by atoms with Gasteiger partial charge in [0.15, 0.2) is 5.69 Å². The van der Waals surface area contributed by atoms with Gasteiger partial charge in [-0.2, -0.15) is 0 Å². The summed E-state index contributed by atoms with van der Waals surface area (Å²) in [5.74, 6) is -0.458. The van der Waals surface area contributed by atoms with Crippen LogP contribution in [-0.4, -0.2) is 45.3 Å². The first-order chi connectivity index (χ1) is 7.72. The lowest BCUT2D eigenvalue weighted by atomic mass is 10.2. The molecule has 0 amide bonds. The highest BCUT2D eigenvalue weighted by Gasteiger charge is 2.25. The summed E-state index contributed by atoms with van der Waals surface area (Å²) >= 11 is 0. The lowest BCUT2D eigenvalue weighted by molar-refractivity contribution is 0.0690. The van der Waals surface area contributed by atoms with Crippen LogP contribution in [0.15, 0.2) is 12.4 Å². The van der Waals surface area contributed by atoms with Crippen LogP contribution in [0.4, 0.5) is 5.82 Å². The van der Waals surface area contributed by atoms with Gasteiger partial charge in [-0.3, -0.25) is 0 Å². The Labute approximate surface area is 92.6 Å². The smallest absolute Gasteiger partial charge is 0.356 e. The summed E-state index contributed by atoms with van der Waals surface area (Å²) in [6.07, 6.45) is 4.62. The summed E-state index contributed by atoms with van der Waals surface area (Å²) < 4.78 is 0. The highest BCUT2D eigenvalue weighted by atomic mass is 16.4. The predicted molar refractivity (Wildman–Crippen MR) is 56.4 cm³/mol. The summed E-state index contributed by atoms with van der Waals surface area (Å²) in [6.45, 7) is 0.911. The van der Waals surface area contributed by atoms with Gasteiger partial charge in [0.1, 0.15) is 5.82 Å². The lowest BCUT2D eigenvalue weighted by Crippen LogP contribution is -2.32. The van der Waals surface area contributed by atoms with E-state index in [0.717, 1.165) is 19.4 Å². The van der Waals surface area contributed by atoms with E-state index in [9.17, 15) is 4.79 Å². The fraction of sp³-hybridized carbons (Fsp3) is 0.500. The monoisotopic (exact) mass is 223 g/mol. The van der Waals surface area contributed by atoms with Crippen LogP contribution in [0.1, 0.15) is 23.3 Å². The first-order valence-electron chi connectivity index (χ1n) is 5.15. The summed E-state index contributed by atoms with van der Waals surface area (Å²) in [6, 6.07) is 0.0741. The van der Waals surface area contributed by atoms with Crippen LogP contribution < -0.4 is 4.90 Å². The van der Waals surface area contributed by atoms with E-state index in [-0.39, 0.29) is 18.3 Å². The van der Waals surface area contributed by atoms with Gasteiger partial charge >= 0.3 is 5.97 Å². The molecule has 0 aliphatic carbocycles. The van der Waals surface area contributed by atoms with E-state index in [0.29, 0.717) is 5.82 Å². The minimum absolute atomic E-state index is 0.0662. The number of aliphatic hydroxyl groups excluding tert-OH is 1. The van der Waals surface area contributed by atoms with E-state index >= 15 is 0 Å². The number of rotatable bonds is 3. The third-order valence-electron chi connectivity index (χ3n) is 2.74. The molecule has 1 aromatic heterocycles. The van der Waals surface area contributed by atoms with Crippen LogP contribution in [0.5, 0.6) is 0 Å². The Hall–Kier alpha value is -1.69. The Morgan fingerprint density at radius 2 is 2.31 bits per heavy atom. The maximum Gasteiger partial charge on any atom is 0.356 e. The van der Waals surface area contributed by atoms with Crippen LogP contribution in [0.2, 0.25) is 0 Å². The van der Waals surface area contributed by atoms with Gasteiger partial charge in [0.2, 0.25) is 0 Å². The first-order valence-corrected chi connectivity index (χ1v) is 5.15. The SMILES string of the molecule is O=C(O)c1cnc(N2CCCC2CO)cn1. The zero-order valence-electron chi connectivity index (χ0n) is 8.70. The maximum atomic E-state index is 10.6. The second-order valence-corrected chi connectivity index (χ2v) is 3.74. The molecule has 0 spiro atoms. The second kappa shape index (κ2) is 4.44. The van der Waals surface area contributed by atoms with Crippen molar-refractivity contribution in [2.24, 2.45) is 0 Å². The molecule has 0 aromatic carbocycles. The number of carboxylic acids is 1. The number of carbonyl (C=O) groups is 1. The summed E-state index contributed by atoms with van der Waals surface area (Å²) in [5, 5.41) is 17.8. The number of nitrogens with zero attached hydrogens (tertiary/aromatic N) is 3. The lowest BCUT2D eigenvalue weighted by Gasteiger charge is -2.23. The van der Waals surface area contributed by atoms with E-state index in [1.165, 1.54) is 12.4 Å². The van der Waals surface area contributed by atoms with Gasteiger partial charge in [-0.15, -0.1) is 0 Å². The number of hydrogen-bond acceptors (Lipinski definition) is 5. The molecular formula is C10H13N3O3. The molecule has 2 N–H and O–H groups in total. The van der Waals surface area contributed by atoms with Crippen molar-refractivity contribution >= 4 is 11.8 Å². The zero-order valence-corrected chi connectivity index (χ0v) is 8.70. The van der Waals surface area contributed by atoms with Crippen LogP contribution in [0.25, 0.3) is 0 Å². The molecule has 6 nitrogen and oxygen atoms in total. The molecule has 1 saturated heterocycles. The Bertz CT molecular complexity index is 379. The molecule has 1 aliphatic heterocycles. The van der Waals surface area contributed by atoms with Crippen LogP contribution >= 0.6 is 0 Å². The molecule has 1 fully saturated rings. The molecule has 16 heavy (non-hydrogen) atoms. The Morgan fingerprint density at radius 3 is 2.88 bits per heavy atom. The fourth-order valence-corrected chi connectivity index (χ4v) is 1.91. The zero-order chi connectivity index (χ0) is 11.5. The number of hydrogen-bond donors (Lipinski definition) is 2. The number of aromatic carboxylic acids is 1. The summed E-state index contributed by atoms with van der Waals surface area (Å²) in [7, 11) is 0. The van der Waals surface area contributed by atoms with E-state index < -0.39 is 5.97 Å². The van der Waals surface area contributed by atoms with Crippen molar-refractivity contribution in [3.8, 4) is 0 Å². The second-order valence-electron chi connectivity index (χ2n) is 3.74. The molecule has 2 heterocycles. The van der Waals surface area contributed by atoms with E-state index in [1.54, 1.807) is 0 Å². The molecule has 0 radical (unpaired) electrons. The van der Waals surface area contributed by atoms with Crippen molar-refractivity contribution < 1.29 is 15.0 Å². The summed E-state index contributed by atoms with van der Waals surface area (Å²) in [5.41, 5.74) is -0.0662. The Balaban J connectivity index is 2.18. The van der Waals surface area contributed by atoms with Crippen LogP contribution in [0.3, 0.4) is 0 Å². The average molecular weight is 223 g/mol. The van der Waals surface area contributed by atoms with Gasteiger partial charge in [-0.1, -0.05) is 0 Å². The van der Waals surface area contributed by atoms with Gasteiger partial charge < -0.3 is 15.1 Å². The minimum Gasteiger partial charge on any atom is -0.476 e. The van der Waals surface area contributed by atoms with Gasteiger partial charge in [0, 0.05) is 6.54 Å². The molecule has 0 bridgehead atoms. The third-order valence-corrected chi connectivity index (χ3v) is 2.74. The maximum absolute atomic E-state index is 10.6. The molecule has 1 aromatic rings. The van der Waals surface area contributed by atoms with Gasteiger partial charge in [0.25, 0.3) is 0 Å². The van der Waals surface area contributed by atoms with Gasteiger partial charge in [-0.25, -0.2) is 14.8 Å². The molecule has 86 valence electrons. The molecule has 1 aliphatic rings. The summed E-state index contributed by atoms with van der Waals surface area (Å²) in [4.78, 5) is 20.4. The molecule has 1 atom stereocenters. The normalized spacial score (nSPS) is 20.1. The number of carboxylic acid groups (broad SMARTS) is 1. The van der Waals surface area contributed by atoms with E-state index in [2.05, 4.69) is 9.97 Å². The number of aromatic nitrogens is 2.